The highest BCUT2D eigenvalue weighted by molar-refractivity contribution is 5.77. The summed E-state index contributed by atoms with van der Waals surface area (Å²) in [5.41, 5.74) is 1.94. The molecule has 0 N–H and O–H groups in total. The zero-order valence-corrected chi connectivity index (χ0v) is 23.8. The van der Waals surface area contributed by atoms with Crippen LogP contribution >= 0.6 is 0 Å². The Morgan fingerprint density at radius 2 is 1.68 bits per heavy atom. The third-order valence-corrected chi connectivity index (χ3v) is 8.90. The summed E-state index contributed by atoms with van der Waals surface area (Å²) in [7, 11) is 1.12. The summed E-state index contributed by atoms with van der Waals surface area (Å²) in [6, 6.07) is 5.47. The highest BCUT2D eigenvalue weighted by atomic mass is 16.7. The normalized spacial score (nSPS) is 35.7. The lowest BCUT2D eigenvalue weighted by Crippen LogP contribution is -2.64. The average Bonchev–Trinajstić information content (AvgIpc) is 2.94. The highest BCUT2D eigenvalue weighted by Gasteiger charge is 2.56. The molecule has 11 heteroatoms. The molecular formula is C30H39NO10. The first-order valence-electron chi connectivity index (χ1n) is 15.6. The van der Waals surface area contributed by atoms with E-state index in [0.29, 0.717) is 25.1 Å². The van der Waals surface area contributed by atoms with Crippen molar-refractivity contribution in [1.29, 1.82) is 0 Å². The van der Waals surface area contributed by atoms with E-state index in [1.54, 1.807) is 11.0 Å². The van der Waals surface area contributed by atoms with Gasteiger partial charge in [0.15, 0.2) is 18.3 Å². The van der Waals surface area contributed by atoms with Gasteiger partial charge in [0.05, 0.1) is 7.11 Å². The van der Waals surface area contributed by atoms with E-state index in [0.717, 1.165) is 64.7 Å². The monoisotopic (exact) mass is 576 g/mol. The Kier molecular flexibility index (Phi) is 7.22. The molecule has 41 heavy (non-hydrogen) atoms. The van der Waals surface area contributed by atoms with Crippen molar-refractivity contribution >= 4 is 23.9 Å². The molecule has 11 nitrogen and oxygen atoms in total. The summed E-state index contributed by atoms with van der Waals surface area (Å²) in [6.07, 6.45) is -2.14. The zero-order valence-electron chi connectivity index (χ0n) is 26.8. The Labute approximate surface area is 243 Å². The largest absolute Gasteiger partial charge is 0.467 e. The summed E-state index contributed by atoms with van der Waals surface area (Å²) in [6.45, 7) is 1.68. The summed E-state index contributed by atoms with van der Waals surface area (Å²) in [5, 5.41) is 0. The topological polar surface area (TPSA) is 127 Å². The van der Waals surface area contributed by atoms with Gasteiger partial charge in [0.1, 0.15) is 5.75 Å². The Balaban J connectivity index is 1.52. The number of carbonyl (C=O) groups excluding carboxylic acids is 4. The summed E-state index contributed by atoms with van der Waals surface area (Å²) >= 11 is 0. The SMILES string of the molecule is [2H]C([2H])([2H])N1CCC23CCCCC2C1Cc1ccc(O[C@@H]2O[C@H](C(=O)OC)[C@@H](OC(C)=O)[C@H](OC(C)=O)[C@H]2OC(C)=O)cc13. The molecule has 0 amide bonds. The number of ether oxygens (including phenoxy) is 6. The second-order valence-corrected chi connectivity index (χ2v) is 11.3. The molecule has 1 aromatic rings. The molecule has 8 atom stereocenters. The smallest absolute Gasteiger partial charge is 0.339 e. The number of methoxy groups -OCH3 is 1. The summed E-state index contributed by atoms with van der Waals surface area (Å²) in [4.78, 5) is 50.8. The van der Waals surface area contributed by atoms with Gasteiger partial charge >= 0.3 is 23.9 Å². The number of fused-ring (bicyclic) bond motifs is 1. The fourth-order valence-electron chi connectivity index (χ4n) is 7.37. The van der Waals surface area contributed by atoms with E-state index in [4.69, 9.17) is 32.5 Å². The Bertz CT molecular complexity index is 1300. The summed E-state index contributed by atoms with van der Waals surface area (Å²) < 4.78 is 57.8. The molecule has 0 spiro atoms. The van der Waals surface area contributed by atoms with Crippen LogP contribution in [0.15, 0.2) is 18.2 Å². The minimum Gasteiger partial charge on any atom is -0.467 e. The van der Waals surface area contributed by atoms with Gasteiger partial charge in [-0.3, -0.25) is 14.4 Å². The fraction of sp³-hybridized carbons (Fsp3) is 0.667. The average molecular weight is 577 g/mol. The van der Waals surface area contributed by atoms with Crippen LogP contribution in [-0.4, -0.2) is 86.2 Å². The number of likely N-dealkylation sites (tertiary alicyclic amines) is 1. The number of rotatable bonds is 6. The molecule has 1 aromatic carbocycles. The van der Waals surface area contributed by atoms with Crippen LogP contribution in [0.25, 0.3) is 0 Å². The van der Waals surface area contributed by atoms with Gasteiger partial charge < -0.3 is 33.3 Å². The third-order valence-electron chi connectivity index (χ3n) is 8.90. The number of piperidine rings is 1. The minimum absolute atomic E-state index is 0.0886. The van der Waals surface area contributed by atoms with E-state index in [9.17, 15) is 19.2 Å². The molecule has 2 heterocycles. The van der Waals surface area contributed by atoms with Crippen LogP contribution in [0, 0.1) is 5.92 Å². The number of hydrogen-bond acceptors (Lipinski definition) is 11. The van der Waals surface area contributed by atoms with E-state index in [1.807, 2.05) is 12.1 Å². The molecule has 5 rings (SSSR count). The van der Waals surface area contributed by atoms with Crippen molar-refractivity contribution in [2.45, 2.75) is 101 Å². The molecule has 3 unspecified atom stereocenters. The van der Waals surface area contributed by atoms with Gasteiger partial charge in [0, 0.05) is 36.3 Å². The van der Waals surface area contributed by atoms with Gasteiger partial charge in [-0.2, -0.15) is 0 Å². The maximum absolute atomic E-state index is 12.8. The van der Waals surface area contributed by atoms with Crippen molar-refractivity contribution in [3.8, 4) is 5.75 Å². The number of esters is 4. The lowest BCUT2D eigenvalue weighted by molar-refractivity contribution is -0.282. The van der Waals surface area contributed by atoms with Crippen molar-refractivity contribution in [2.24, 2.45) is 5.92 Å². The first-order valence-corrected chi connectivity index (χ1v) is 14.1. The van der Waals surface area contributed by atoms with Crippen LogP contribution in [0.4, 0.5) is 0 Å². The molecular weight excluding hydrogens is 534 g/mol. The molecule has 224 valence electrons. The maximum atomic E-state index is 12.8. The van der Waals surface area contributed by atoms with Crippen molar-refractivity contribution in [3.63, 3.8) is 0 Å². The van der Waals surface area contributed by atoms with Crippen molar-refractivity contribution in [1.82, 2.24) is 4.90 Å². The van der Waals surface area contributed by atoms with Crippen LogP contribution in [0.2, 0.25) is 0 Å². The lowest BCUT2D eigenvalue weighted by atomic mass is 9.52. The maximum Gasteiger partial charge on any atom is 0.339 e. The molecule has 4 aliphatic rings. The van der Waals surface area contributed by atoms with Crippen molar-refractivity contribution in [3.05, 3.63) is 29.3 Å². The van der Waals surface area contributed by atoms with E-state index < -0.39 is 61.6 Å². The van der Waals surface area contributed by atoms with E-state index in [-0.39, 0.29) is 17.4 Å². The quantitative estimate of drug-likeness (QED) is 0.366. The van der Waals surface area contributed by atoms with Crippen LogP contribution < -0.4 is 4.74 Å². The van der Waals surface area contributed by atoms with Gasteiger partial charge in [-0.05, 0) is 68.4 Å². The molecule has 2 bridgehead atoms. The van der Waals surface area contributed by atoms with Crippen LogP contribution in [-0.2, 0) is 54.7 Å². The third kappa shape index (κ3) is 5.53. The first-order chi connectivity index (χ1) is 20.7. The molecule has 1 saturated carbocycles. The predicted molar refractivity (Wildman–Crippen MR) is 143 cm³/mol. The molecule has 3 fully saturated rings. The number of likely N-dealkylation sites (N-methyl/N-ethyl adjacent to an activating group) is 1. The minimum atomic E-state index is -2.17. The Morgan fingerprint density at radius 3 is 2.37 bits per heavy atom. The van der Waals surface area contributed by atoms with E-state index >= 15 is 0 Å². The molecule has 2 saturated heterocycles. The number of nitrogens with zero attached hydrogens (tertiary/aromatic N) is 1. The lowest BCUT2D eigenvalue weighted by Gasteiger charge is -2.58. The molecule has 2 aliphatic heterocycles. The second-order valence-electron chi connectivity index (χ2n) is 11.3. The first kappa shape index (κ1) is 25.5. The Morgan fingerprint density at radius 1 is 0.976 bits per heavy atom. The zero-order chi connectivity index (χ0) is 32.0. The van der Waals surface area contributed by atoms with Gasteiger partial charge in [-0.1, -0.05) is 18.9 Å². The van der Waals surface area contributed by atoms with Crippen molar-refractivity contribution < 1.29 is 51.7 Å². The number of carbonyl (C=O) groups is 4. The Hall–Kier alpha value is -3.18. The van der Waals surface area contributed by atoms with Crippen LogP contribution in [0.5, 0.6) is 5.75 Å². The highest BCUT2D eigenvalue weighted by Crippen LogP contribution is 2.56. The van der Waals surface area contributed by atoms with Gasteiger partial charge in [-0.25, -0.2) is 4.79 Å². The van der Waals surface area contributed by atoms with Gasteiger partial charge in [0.2, 0.25) is 12.4 Å². The van der Waals surface area contributed by atoms with Crippen molar-refractivity contribution in [2.75, 3.05) is 20.6 Å². The standard InChI is InChI=1S/C30H39NO10/c1-16(32)37-24-25(38-17(2)33)27(39-18(3)34)29(41-26(24)28(35)36-5)40-20-10-9-19-14-23-21-8-6-7-11-30(21,22(19)15-20)12-13-31(23)4/h9-10,15,21,23-27,29H,6-8,11-14H2,1-5H3/t21?,23?,24-,25-,26-,27+,29+,30?/m0/s1/i4D3. The molecule has 0 radical (unpaired) electrons. The fourth-order valence-corrected chi connectivity index (χ4v) is 7.37. The van der Waals surface area contributed by atoms with Crippen LogP contribution in [0.3, 0.4) is 0 Å². The van der Waals surface area contributed by atoms with Crippen LogP contribution in [0.1, 0.15) is 68.1 Å². The van der Waals surface area contributed by atoms with E-state index in [2.05, 4.69) is 0 Å². The van der Waals surface area contributed by atoms with Gasteiger partial charge in [0.25, 0.3) is 0 Å². The van der Waals surface area contributed by atoms with Gasteiger partial charge in [-0.15, -0.1) is 0 Å². The number of hydrogen-bond donors (Lipinski definition) is 0. The molecule has 0 aromatic heterocycles. The molecule has 2 aliphatic carbocycles. The second kappa shape index (κ2) is 11.6. The predicted octanol–water partition coefficient (Wildman–Crippen LogP) is 2.45. The summed E-state index contributed by atoms with van der Waals surface area (Å²) in [5.74, 6) is -2.69. The number of benzene rings is 1. The van der Waals surface area contributed by atoms with E-state index in [1.165, 1.54) is 0 Å².